The lowest BCUT2D eigenvalue weighted by Gasteiger charge is -2.12. The molecule has 0 saturated carbocycles. The molecule has 0 aliphatic heterocycles. The Balaban J connectivity index is 3.12. The van der Waals surface area contributed by atoms with Gasteiger partial charge in [0.2, 0.25) is 5.91 Å². The van der Waals surface area contributed by atoms with Crippen LogP contribution < -0.4 is 11.1 Å². The minimum absolute atomic E-state index is 0.0335. The molecule has 0 fully saturated rings. The molecular formula is C12H18N3O3S. The molecule has 105 valence electrons. The van der Waals surface area contributed by atoms with E-state index in [1.165, 1.54) is 6.07 Å². The summed E-state index contributed by atoms with van der Waals surface area (Å²) >= 11 is 0. The van der Waals surface area contributed by atoms with Gasteiger partial charge in [0.15, 0.2) is 14.9 Å². The van der Waals surface area contributed by atoms with Gasteiger partial charge in [0, 0.05) is 25.1 Å². The molecule has 7 heteroatoms. The van der Waals surface area contributed by atoms with E-state index in [2.05, 4.69) is 10.3 Å². The fraction of sp³-hybridized carbons (Fsp3) is 0.417. The van der Waals surface area contributed by atoms with E-state index in [4.69, 9.17) is 5.73 Å². The van der Waals surface area contributed by atoms with Gasteiger partial charge in [-0.25, -0.2) is 13.4 Å². The molecule has 1 amide bonds. The van der Waals surface area contributed by atoms with Gasteiger partial charge < -0.3 is 11.1 Å². The van der Waals surface area contributed by atoms with Crippen molar-refractivity contribution < 1.29 is 13.2 Å². The zero-order chi connectivity index (χ0) is 14.6. The molecule has 0 saturated heterocycles. The average Bonchev–Trinajstić information content (AvgIpc) is 2.24. The number of anilines is 1. The summed E-state index contributed by atoms with van der Waals surface area (Å²) in [6, 6.07) is 3.22. The standard InChI is InChI=1S/C12H18N3O3S/c1-8(2)14-11-6-9(4-5-10(13)16)7-12(15-11)19(3,17)18/h4,6-8H,5H2,1-3H3,(H2,13,16)(H,14,15). The molecule has 3 N–H and O–H groups in total. The second-order valence-electron chi connectivity index (χ2n) is 4.57. The Kier molecular flexibility index (Phi) is 4.88. The van der Waals surface area contributed by atoms with Crippen molar-refractivity contribution in [3.05, 3.63) is 24.1 Å². The molecule has 1 aromatic heterocycles. The Bertz CT molecular complexity index is 568. The molecule has 1 aromatic rings. The number of hydrogen-bond donors (Lipinski definition) is 2. The van der Waals surface area contributed by atoms with Crippen molar-refractivity contribution >= 4 is 21.6 Å². The van der Waals surface area contributed by atoms with Crippen molar-refractivity contribution in [2.45, 2.75) is 31.3 Å². The van der Waals surface area contributed by atoms with Crippen LogP contribution in [0.1, 0.15) is 25.8 Å². The van der Waals surface area contributed by atoms with Gasteiger partial charge in [-0.3, -0.25) is 4.79 Å². The normalized spacial score (nSPS) is 11.6. The first-order chi connectivity index (χ1) is 8.68. The van der Waals surface area contributed by atoms with Gasteiger partial charge in [0.05, 0.1) is 0 Å². The number of carbonyl (C=O) groups is 1. The number of nitrogens with two attached hydrogens (primary N) is 1. The van der Waals surface area contributed by atoms with E-state index in [0.29, 0.717) is 11.4 Å². The third-order valence-electron chi connectivity index (χ3n) is 2.18. The monoisotopic (exact) mass is 284 g/mol. The number of hydrogen-bond acceptors (Lipinski definition) is 5. The first-order valence-corrected chi connectivity index (χ1v) is 7.68. The van der Waals surface area contributed by atoms with E-state index in [0.717, 1.165) is 6.26 Å². The first kappa shape index (κ1) is 15.4. The highest BCUT2D eigenvalue weighted by Gasteiger charge is 2.13. The van der Waals surface area contributed by atoms with Crippen LogP contribution in [0.3, 0.4) is 0 Å². The molecule has 6 nitrogen and oxygen atoms in total. The van der Waals surface area contributed by atoms with E-state index in [-0.39, 0.29) is 17.5 Å². The summed E-state index contributed by atoms with van der Waals surface area (Å²) in [7, 11) is -3.41. The molecular weight excluding hydrogens is 266 g/mol. The van der Waals surface area contributed by atoms with Crippen LogP contribution in [0.5, 0.6) is 0 Å². The summed E-state index contributed by atoms with van der Waals surface area (Å²) in [6.07, 6.45) is 2.71. The van der Waals surface area contributed by atoms with Crippen LogP contribution in [-0.2, 0) is 14.6 Å². The SMILES string of the molecule is CC(C)Nc1cc([CH]CC(N)=O)cc(S(C)(=O)=O)n1. The average molecular weight is 284 g/mol. The van der Waals surface area contributed by atoms with Crippen molar-refractivity contribution in [2.75, 3.05) is 11.6 Å². The fourth-order valence-electron chi connectivity index (χ4n) is 1.42. The zero-order valence-electron chi connectivity index (χ0n) is 11.2. The van der Waals surface area contributed by atoms with Gasteiger partial charge in [0.1, 0.15) is 5.82 Å². The molecule has 0 spiro atoms. The van der Waals surface area contributed by atoms with Gasteiger partial charge >= 0.3 is 0 Å². The number of amides is 1. The second kappa shape index (κ2) is 6.01. The Morgan fingerprint density at radius 2 is 2.11 bits per heavy atom. The third-order valence-corrected chi connectivity index (χ3v) is 3.15. The number of aromatic nitrogens is 1. The van der Waals surface area contributed by atoms with E-state index < -0.39 is 15.7 Å². The maximum Gasteiger partial charge on any atom is 0.218 e. The van der Waals surface area contributed by atoms with Crippen LogP contribution in [0, 0.1) is 6.42 Å². The van der Waals surface area contributed by atoms with Gasteiger partial charge in [0.25, 0.3) is 0 Å². The van der Waals surface area contributed by atoms with Gasteiger partial charge in [-0.2, -0.15) is 0 Å². The Morgan fingerprint density at radius 3 is 2.58 bits per heavy atom. The highest BCUT2D eigenvalue weighted by Crippen LogP contribution is 2.17. The largest absolute Gasteiger partial charge is 0.370 e. The van der Waals surface area contributed by atoms with Crippen molar-refractivity contribution in [3.63, 3.8) is 0 Å². The predicted octanol–water partition coefficient (Wildman–Crippen LogP) is 0.733. The Labute approximate surface area is 113 Å². The molecule has 1 heterocycles. The van der Waals surface area contributed by atoms with Crippen LogP contribution in [0.15, 0.2) is 17.2 Å². The summed E-state index contributed by atoms with van der Waals surface area (Å²) in [6.45, 7) is 3.84. The van der Waals surface area contributed by atoms with E-state index in [1.54, 1.807) is 12.5 Å². The first-order valence-electron chi connectivity index (χ1n) is 5.78. The van der Waals surface area contributed by atoms with Gasteiger partial charge in [-0.05, 0) is 31.5 Å². The quantitative estimate of drug-likeness (QED) is 0.802. The minimum atomic E-state index is -3.41. The predicted molar refractivity (Wildman–Crippen MR) is 73.3 cm³/mol. The number of nitrogens with one attached hydrogen (secondary N) is 1. The van der Waals surface area contributed by atoms with Gasteiger partial charge in [-0.15, -0.1) is 0 Å². The van der Waals surface area contributed by atoms with E-state index >= 15 is 0 Å². The highest BCUT2D eigenvalue weighted by atomic mass is 32.2. The Morgan fingerprint density at radius 1 is 1.47 bits per heavy atom. The molecule has 1 rings (SSSR count). The number of pyridine rings is 1. The lowest BCUT2D eigenvalue weighted by molar-refractivity contribution is -0.117. The topological polar surface area (TPSA) is 102 Å². The van der Waals surface area contributed by atoms with Crippen molar-refractivity contribution in [1.29, 1.82) is 0 Å². The fourth-order valence-corrected chi connectivity index (χ4v) is 2.04. The maximum absolute atomic E-state index is 11.6. The molecule has 0 aromatic carbocycles. The number of sulfone groups is 1. The van der Waals surface area contributed by atoms with Crippen LogP contribution in [0.25, 0.3) is 0 Å². The lowest BCUT2D eigenvalue weighted by Crippen LogP contribution is -2.14. The summed E-state index contributed by atoms with van der Waals surface area (Å²) in [4.78, 5) is 14.8. The van der Waals surface area contributed by atoms with Crippen LogP contribution in [0.4, 0.5) is 5.82 Å². The lowest BCUT2D eigenvalue weighted by atomic mass is 10.1. The molecule has 1 radical (unpaired) electrons. The highest BCUT2D eigenvalue weighted by molar-refractivity contribution is 7.90. The molecule has 0 atom stereocenters. The summed E-state index contributed by atoms with van der Waals surface area (Å²) in [5, 5.41) is 3.00. The smallest absolute Gasteiger partial charge is 0.218 e. The minimum Gasteiger partial charge on any atom is -0.370 e. The van der Waals surface area contributed by atoms with E-state index in [9.17, 15) is 13.2 Å². The summed E-state index contributed by atoms with van der Waals surface area (Å²) < 4.78 is 23.1. The summed E-state index contributed by atoms with van der Waals surface area (Å²) in [5.74, 6) is -0.0234. The number of primary amides is 1. The number of rotatable bonds is 6. The van der Waals surface area contributed by atoms with Crippen LogP contribution >= 0.6 is 0 Å². The second-order valence-corrected chi connectivity index (χ2v) is 6.53. The van der Waals surface area contributed by atoms with Crippen LogP contribution in [-0.4, -0.2) is 31.6 Å². The van der Waals surface area contributed by atoms with Gasteiger partial charge in [-0.1, -0.05) is 0 Å². The molecule has 0 bridgehead atoms. The Hall–Kier alpha value is -1.63. The third kappa shape index (κ3) is 5.25. The van der Waals surface area contributed by atoms with Crippen molar-refractivity contribution in [3.8, 4) is 0 Å². The number of nitrogens with zero attached hydrogens (tertiary/aromatic N) is 1. The summed E-state index contributed by atoms with van der Waals surface area (Å²) in [5.41, 5.74) is 5.66. The maximum atomic E-state index is 11.6. The van der Waals surface area contributed by atoms with Crippen molar-refractivity contribution in [2.24, 2.45) is 5.73 Å². The molecule has 0 aliphatic carbocycles. The number of carbonyl (C=O) groups excluding carboxylic acids is 1. The molecule has 0 aliphatic rings. The molecule has 19 heavy (non-hydrogen) atoms. The zero-order valence-corrected chi connectivity index (χ0v) is 12.0. The van der Waals surface area contributed by atoms with Crippen molar-refractivity contribution in [1.82, 2.24) is 4.98 Å². The van der Waals surface area contributed by atoms with Crippen LogP contribution in [0.2, 0.25) is 0 Å². The molecule has 0 unspecified atom stereocenters. The van der Waals surface area contributed by atoms with E-state index in [1.807, 2.05) is 13.8 Å².